The quantitative estimate of drug-likeness (QED) is 0.521. The van der Waals surface area contributed by atoms with Crippen LogP contribution in [0.1, 0.15) is 31.1 Å². The molecule has 1 atom stereocenters. The molecule has 11 heteroatoms. The Labute approximate surface area is 176 Å². The lowest BCUT2D eigenvalue weighted by molar-refractivity contribution is 0.0123. The van der Waals surface area contributed by atoms with Crippen LogP contribution in [0.25, 0.3) is 11.1 Å². The summed E-state index contributed by atoms with van der Waals surface area (Å²) in [6, 6.07) is 7.07. The van der Waals surface area contributed by atoms with Crippen molar-refractivity contribution in [2.75, 3.05) is 26.8 Å². The fourth-order valence-electron chi connectivity index (χ4n) is 3.01. The van der Waals surface area contributed by atoms with Gasteiger partial charge in [0.05, 0.1) is 11.9 Å². The molecule has 2 heterocycles. The standard InChI is InChI=1S/C18H20ClFN4O3.CH2F2/c19-13-6-4-12(5-7-13)15-16(14-3-1-2-9-26-14)23-24(17(15)22-11-21)18(25)27-10-8-20;2-1-3/h4-7,11,14H,1-3,8-10H2,(H2,21,22);1H2. The molecule has 3 rings (SSSR count). The molecule has 7 nitrogen and oxygen atoms in total. The van der Waals surface area contributed by atoms with E-state index in [1.807, 2.05) is 0 Å². The van der Waals surface area contributed by atoms with Crippen LogP contribution >= 0.6 is 11.6 Å². The number of hydrogen-bond donors (Lipinski definition) is 1. The van der Waals surface area contributed by atoms with Gasteiger partial charge in [-0.1, -0.05) is 23.7 Å². The number of aromatic nitrogens is 2. The fraction of sp³-hybridized carbons (Fsp3) is 0.421. The summed E-state index contributed by atoms with van der Waals surface area (Å²) in [6.45, 7) is -2.29. The molecule has 164 valence electrons. The number of alkyl halides is 3. The van der Waals surface area contributed by atoms with E-state index >= 15 is 0 Å². The van der Waals surface area contributed by atoms with Gasteiger partial charge in [0.25, 0.3) is 0 Å². The first-order valence-electron chi connectivity index (χ1n) is 9.17. The van der Waals surface area contributed by atoms with E-state index in [9.17, 15) is 18.0 Å². The maximum Gasteiger partial charge on any atom is 0.436 e. The van der Waals surface area contributed by atoms with E-state index in [0.717, 1.165) is 35.8 Å². The van der Waals surface area contributed by atoms with Gasteiger partial charge in [-0.15, -0.1) is 4.68 Å². The van der Waals surface area contributed by atoms with Gasteiger partial charge in [-0.2, -0.15) is 5.10 Å². The fourth-order valence-corrected chi connectivity index (χ4v) is 3.13. The van der Waals surface area contributed by atoms with Gasteiger partial charge >= 0.3 is 6.09 Å². The highest BCUT2D eigenvalue weighted by Crippen LogP contribution is 2.40. The Morgan fingerprint density at radius 3 is 2.60 bits per heavy atom. The summed E-state index contributed by atoms with van der Waals surface area (Å²) in [4.78, 5) is 16.5. The van der Waals surface area contributed by atoms with Crippen LogP contribution in [-0.2, 0) is 9.47 Å². The number of carbonyl (C=O) groups is 1. The first kappa shape index (κ1) is 23.7. The minimum absolute atomic E-state index is 0.202. The molecule has 1 aromatic carbocycles. The van der Waals surface area contributed by atoms with Crippen LogP contribution in [0.15, 0.2) is 29.3 Å². The van der Waals surface area contributed by atoms with E-state index in [1.54, 1.807) is 24.3 Å². The highest BCUT2D eigenvalue weighted by molar-refractivity contribution is 6.30. The van der Waals surface area contributed by atoms with Gasteiger partial charge in [0, 0.05) is 11.6 Å². The van der Waals surface area contributed by atoms with Crippen LogP contribution in [0.5, 0.6) is 0 Å². The summed E-state index contributed by atoms with van der Waals surface area (Å²) in [5.41, 5.74) is 7.42. The van der Waals surface area contributed by atoms with Crippen molar-refractivity contribution < 1.29 is 27.4 Å². The second-order valence-corrected chi connectivity index (χ2v) is 6.48. The number of nitrogens with two attached hydrogens (primary N) is 1. The molecule has 0 aliphatic carbocycles. The topological polar surface area (TPSA) is 91.7 Å². The number of aliphatic imine (C=N–C) groups is 1. The van der Waals surface area contributed by atoms with E-state index in [0.29, 0.717) is 22.9 Å². The van der Waals surface area contributed by atoms with Gasteiger partial charge in [0.1, 0.15) is 25.1 Å². The third kappa shape index (κ3) is 5.96. The third-order valence-electron chi connectivity index (χ3n) is 4.18. The van der Waals surface area contributed by atoms with Gasteiger partial charge in [0.2, 0.25) is 6.93 Å². The smallest absolute Gasteiger partial charge is 0.436 e. The van der Waals surface area contributed by atoms with E-state index < -0.39 is 19.7 Å². The van der Waals surface area contributed by atoms with Gasteiger partial charge in [-0.05, 0) is 37.0 Å². The summed E-state index contributed by atoms with van der Waals surface area (Å²) >= 11 is 6.00. The van der Waals surface area contributed by atoms with Crippen molar-refractivity contribution >= 4 is 29.9 Å². The molecule has 0 bridgehead atoms. The Balaban J connectivity index is 0.00000101. The van der Waals surface area contributed by atoms with Crippen molar-refractivity contribution in [3.05, 3.63) is 35.0 Å². The van der Waals surface area contributed by atoms with Crippen LogP contribution < -0.4 is 5.73 Å². The monoisotopic (exact) mass is 446 g/mol. The molecule has 2 N–H and O–H groups in total. The van der Waals surface area contributed by atoms with Crippen LogP contribution in [-0.4, -0.2) is 49.0 Å². The summed E-state index contributed by atoms with van der Waals surface area (Å²) in [7, 11) is 0. The largest absolute Gasteiger partial charge is 0.445 e. The van der Waals surface area contributed by atoms with Crippen molar-refractivity contribution in [1.82, 2.24) is 9.78 Å². The van der Waals surface area contributed by atoms with Gasteiger partial charge in [0.15, 0.2) is 5.82 Å². The normalized spacial score (nSPS) is 16.2. The molecule has 0 radical (unpaired) electrons. The molecular weight excluding hydrogens is 425 g/mol. The Morgan fingerprint density at radius 1 is 1.33 bits per heavy atom. The van der Waals surface area contributed by atoms with Crippen LogP contribution in [0.2, 0.25) is 5.02 Å². The van der Waals surface area contributed by atoms with E-state index in [-0.39, 0.29) is 18.5 Å². The molecule has 1 unspecified atom stereocenters. The average molecular weight is 447 g/mol. The summed E-state index contributed by atoms with van der Waals surface area (Å²) in [5.74, 6) is 0.202. The SMILES string of the molecule is FCF.N/C=N\c1c(-c2ccc(Cl)cc2)c(C2CCCCO2)nn1C(=O)OCCF. The van der Waals surface area contributed by atoms with Crippen molar-refractivity contribution in [2.45, 2.75) is 25.4 Å². The molecule has 0 saturated carbocycles. The Kier molecular flexibility index (Phi) is 9.62. The maximum absolute atomic E-state index is 12.4. The van der Waals surface area contributed by atoms with Gasteiger partial charge < -0.3 is 15.2 Å². The van der Waals surface area contributed by atoms with Crippen molar-refractivity contribution in [1.29, 1.82) is 0 Å². The first-order chi connectivity index (χ1) is 14.6. The molecule has 1 aliphatic heterocycles. The third-order valence-corrected chi connectivity index (χ3v) is 4.43. The molecule has 0 amide bonds. The zero-order chi connectivity index (χ0) is 21.9. The number of halogens is 4. The van der Waals surface area contributed by atoms with Gasteiger partial charge in [-0.25, -0.2) is 23.0 Å². The van der Waals surface area contributed by atoms with Crippen LogP contribution in [0.3, 0.4) is 0 Å². The number of hydrogen-bond acceptors (Lipinski definition) is 5. The van der Waals surface area contributed by atoms with Crippen molar-refractivity contribution in [2.24, 2.45) is 10.7 Å². The predicted octanol–water partition coefficient (Wildman–Crippen LogP) is 4.90. The minimum atomic E-state index is -1.75. The number of carbonyl (C=O) groups excluding carboxylic acids is 1. The van der Waals surface area contributed by atoms with Crippen LogP contribution in [0.4, 0.5) is 23.8 Å². The lowest BCUT2D eigenvalue weighted by atomic mass is 9.98. The molecule has 0 spiro atoms. The zero-order valence-electron chi connectivity index (χ0n) is 16.1. The summed E-state index contributed by atoms with van der Waals surface area (Å²) < 4.78 is 43.4. The first-order valence-corrected chi connectivity index (χ1v) is 9.54. The van der Waals surface area contributed by atoms with Gasteiger partial charge in [-0.3, -0.25) is 0 Å². The molecule has 2 aromatic rings. The highest BCUT2D eigenvalue weighted by Gasteiger charge is 2.30. The molecule has 1 aliphatic rings. The average Bonchev–Trinajstić information content (AvgIpc) is 3.13. The molecule has 1 saturated heterocycles. The lowest BCUT2D eigenvalue weighted by Gasteiger charge is -2.22. The maximum atomic E-state index is 12.4. The minimum Gasteiger partial charge on any atom is -0.445 e. The van der Waals surface area contributed by atoms with E-state index in [1.165, 1.54) is 0 Å². The highest BCUT2D eigenvalue weighted by atomic mass is 35.5. The Bertz CT molecular complexity index is 840. The number of rotatable bonds is 5. The number of ether oxygens (including phenoxy) is 2. The zero-order valence-corrected chi connectivity index (χ0v) is 16.8. The summed E-state index contributed by atoms with van der Waals surface area (Å²) in [5, 5.41) is 4.97. The van der Waals surface area contributed by atoms with E-state index in [4.69, 9.17) is 26.8 Å². The Hall–Kier alpha value is -2.59. The van der Waals surface area contributed by atoms with Crippen LogP contribution in [0, 0.1) is 0 Å². The predicted molar refractivity (Wildman–Crippen MR) is 107 cm³/mol. The number of benzene rings is 1. The second-order valence-electron chi connectivity index (χ2n) is 6.04. The molecule has 1 aromatic heterocycles. The summed E-state index contributed by atoms with van der Waals surface area (Å²) in [6.07, 6.45) is 2.68. The second kappa shape index (κ2) is 12.2. The molecule has 30 heavy (non-hydrogen) atoms. The number of nitrogens with zero attached hydrogens (tertiary/aromatic N) is 3. The van der Waals surface area contributed by atoms with Crippen molar-refractivity contribution in [3.8, 4) is 11.1 Å². The molecular formula is C19H22ClF3N4O3. The van der Waals surface area contributed by atoms with Crippen molar-refractivity contribution in [3.63, 3.8) is 0 Å². The van der Waals surface area contributed by atoms with E-state index in [2.05, 4.69) is 10.1 Å². The Morgan fingerprint density at radius 2 is 2.03 bits per heavy atom. The molecule has 1 fully saturated rings. The lowest BCUT2D eigenvalue weighted by Crippen LogP contribution is -2.18.